The molecule has 0 atom stereocenters. The molecule has 5 rings (SSSR count). The summed E-state index contributed by atoms with van der Waals surface area (Å²) in [6.45, 7) is 0. The highest BCUT2D eigenvalue weighted by atomic mass is 32.2. The molecule has 0 bridgehead atoms. The van der Waals surface area contributed by atoms with Gasteiger partial charge in [-0.05, 0) is 48.5 Å². The van der Waals surface area contributed by atoms with Crippen LogP contribution in [0.4, 0.5) is 15.8 Å². The number of halogens is 1. The van der Waals surface area contributed by atoms with Crippen LogP contribution in [-0.2, 0) is 0 Å². The Balaban J connectivity index is 0.000000147. The Labute approximate surface area is 154 Å². The Morgan fingerprint density at radius 3 is 2.48 bits per heavy atom. The molecule has 3 aromatic carbocycles. The van der Waals surface area contributed by atoms with Crippen molar-refractivity contribution in [2.75, 3.05) is 10.8 Å². The number of aromatic nitrogens is 1. The third-order valence-corrected chi connectivity index (χ3v) is 5.73. The standard InChI is InChI=1S/C13H10FNS.C7H5NS/c14-10-5-7-11(8-6-10)15-9-16-13-4-2-1-3-12(13)15;1-2-4-7-6(3-1)8-5-9-7/h1-8H,9H2;1-5H. The highest BCUT2D eigenvalue weighted by Gasteiger charge is 2.20. The molecule has 0 radical (unpaired) electrons. The van der Waals surface area contributed by atoms with Gasteiger partial charge in [0.25, 0.3) is 0 Å². The van der Waals surface area contributed by atoms with Crippen LogP contribution < -0.4 is 4.90 Å². The van der Waals surface area contributed by atoms with E-state index in [1.165, 1.54) is 27.4 Å². The highest BCUT2D eigenvalue weighted by Crippen LogP contribution is 2.42. The zero-order valence-electron chi connectivity index (χ0n) is 13.3. The maximum absolute atomic E-state index is 12.8. The fraction of sp³-hybridized carbons (Fsp3) is 0.0500. The van der Waals surface area contributed by atoms with Crippen LogP contribution in [0.1, 0.15) is 0 Å². The van der Waals surface area contributed by atoms with E-state index in [0.29, 0.717) is 0 Å². The third-order valence-electron chi connectivity index (χ3n) is 3.88. The lowest BCUT2D eigenvalue weighted by atomic mass is 10.2. The van der Waals surface area contributed by atoms with Gasteiger partial charge in [0.15, 0.2) is 0 Å². The van der Waals surface area contributed by atoms with Crippen molar-refractivity contribution in [2.45, 2.75) is 4.90 Å². The van der Waals surface area contributed by atoms with Crippen molar-refractivity contribution in [3.05, 3.63) is 84.1 Å². The fourth-order valence-corrected chi connectivity index (χ4v) is 4.38. The van der Waals surface area contributed by atoms with E-state index in [1.807, 2.05) is 59.7 Å². The zero-order chi connectivity index (χ0) is 17.1. The van der Waals surface area contributed by atoms with Gasteiger partial charge >= 0.3 is 0 Å². The second-order valence-electron chi connectivity index (χ2n) is 5.47. The van der Waals surface area contributed by atoms with Gasteiger partial charge in [0, 0.05) is 10.6 Å². The van der Waals surface area contributed by atoms with Crippen LogP contribution in [0.15, 0.2) is 83.2 Å². The largest absolute Gasteiger partial charge is 0.330 e. The Hall–Kier alpha value is -2.37. The summed E-state index contributed by atoms with van der Waals surface area (Å²) in [4.78, 5) is 7.62. The topological polar surface area (TPSA) is 16.1 Å². The van der Waals surface area contributed by atoms with Crippen LogP contribution in [0.3, 0.4) is 0 Å². The number of benzene rings is 3. The number of anilines is 2. The molecule has 0 saturated heterocycles. The van der Waals surface area contributed by atoms with Crippen LogP contribution in [0.5, 0.6) is 0 Å². The van der Waals surface area contributed by atoms with Gasteiger partial charge in [0.2, 0.25) is 0 Å². The van der Waals surface area contributed by atoms with Crippen molar-refractivity contribution in [2.24, 2.45) is 0 Å². The van der Waals surface area contributed by atoms with E-state index in [9.17, 15) is 4.39 Å². The number of hydrogen-bond acceptors (Lipinski definition) is 4. The van der Waals surface area contributed by atoms with Crippen LogP contribution in [0.2, 0.25) is 0 Å². The van der Waals surface area contributed by atoms with Crippen molar-refractivity contribution in [1.82, 2.24) is 4.98 Å². The van der Waals surface area contributed by atoms with Crippen molar-refractivity contribution in [3.63, 3.8) is 0 Å². The predicted molar refractivity (Wildman–Crippen MR) is 105 cm³/mol. The minimum atomic E-state index is -0.191. The van der Waals surface area contributed by atoms with Crippen LogP contribution >= 0.6 is 23.1 Å². The molecule has 5 heteroatoms. The molecule has 124 valence electrons. The molecule has 1 aromatic heterocycles. The summed E-state index contributed by atoms with van der Waals surface area (Å²) in [7, 11) is 0. The van der Waals surface area contributed by atoms with E-state index in [0.717, 1.165) is 17.1 Å². The van der Waals surface area contributed by atoms with Gasteiger partial charge in [-0.2, -0.15) is 0 Å². The van der Waals surface area contributed by atoms with Gasteiger partial charge in [0.05, 0.1) is 27.3 Å². The van der Waals surface area contributed by atoms with Crippen molar-refractivity contribution < 1.29 is 4.39 Å². The molecular formula is C20H15FN2S2. The number of fused-ring (bicyclic) bond motifs is 2. The molecule has 4 aromatic rings. The molecular weight excluding hydrogens is 351 g/mol. The monoisotopic (exact) mass is 366 g/mol. The first-order chi connectivity index (χ1) is 12.3. The lowest BCUT2D eigenvalue weighted by Crippen LogP contribution is -2.11. The second kappa shape index (κ2) is 7.25. The van der Waals surface area contributed by atoms with Gasteiger partial charge in [-0.1, -0.05) is 24.3 Å². The zero-order valence-corrected chi connectivity index (χ0v) is 14.9. The number of para-hydroxylation sites is 2. The SMILES string of the molecule is Fc1ccc(N2CSc3ccccc32)cc1.c1ccc2scnc2c1. The van der Waals surface area contributed by atoms with E-state index in [4.69, 9.17) is 0 Å². The van der Waals surface area contributed by atoms with Crippen LogP contribution in [0.25, 0.3) is 10.2 Å². The molecule has 0 spiro atoms. The summed E-state index contributed by atoms with van der Waals surface area (Å²) in [5.74, 6) is 0.703. The molecule has 0 amide bonds. The molecule has 0 saturated carbocycles. The summed E-state index contributed by atoms with van der Waals surface area (Å²) >= 11 is 3.48. The van der Waals surface area contributed by atoms with E-state index in [1.54, 1.807) is 11.3 Å². The van der Waals surface area contributed by atoms with Gasteiger partial charge in [0.1, 0.15) is 5.82 Å². The minimum absolute atomic E-state index is 0.191. The lowest BCUT2D eigenvalue weighted by molar-refractivity contribution is 0.628. The molecule has 2 nitrogen and oxygen atoms in total. The highest BCUT2D eigenvalue weighted by molar-refractivity contribution is 7.99. The summed E-state index contributed by atoms with van der Waals surface area (Å²) in [6, 6.07) is 23.0. The third kappa shape index (κ3) is 3.52. The van der Waals surface area contributed by atoms with Gasteiger partial charge in [-0.25, -0.2) is 9.37 Å². The van der Waals surface area contributed by atoms with E-state index in [2.05, 4.69) is 28.1 Å². The predicted octanol–water partition coefficient (Wildman–Crippen LogP) is 6.32. The van der Waals surface area contributed by atoms with Crippen molar-refractivity contribution in [1.29, 1.82) is 0 Å². The average molecular weight is 366 g/mol. The van der Waals surface area contributed by atoms with Crippen molar-refractivity contribution in [3.8, 4) is 0 Å². The van der Waals surface area contributed by atoms with Crippen LogP contribution in [0, 0.1) is 5.82 Å². The molecule has 25 heavy (non-hydrogen) atoms. The van der Waals surface area contributed by atoms with Crippen LogP contribution in [-0.4, -0.2) is 10.9 Å². The molecule has 1 aliphatic rings. The van der Waals surface area contributed by atoms with Crippen molar-refractivity contribution >= 4 is 44.7 Å². The summed E-state index contributed by atoms with van der Waals surface area (Å²) in [5.41, 5.74) is 5.21. The maximum Gasteiger partial charge on any atom is 0.123 e. The van der Waals surface area contributed by atoms with E-state index in [-0.39, 0.29) is 5.82 Å². The first-order valence-electron chi connectivity index (χ1n) is 7.84. The molecule has 0 unspecified atom stereocenters. The molecule has 0 fully saturated rings. The number of thioether (sulfide) groups is 1. The Morgan fingerprint density at radius 2 is 1.64 bits per heavy atom. The van der Waals surface area contributed by atoms with Gasteiger partial charge in [-0.15, -0.1) is 23.1 Å². The molecule has 0 aliphatic carbocycles. The summed E-state index contributed by atoms with van der Waals surface area (Å²) < 4.78 is 14.1. The number of hydrogen-bond donors (Lipinski definition) is 0. The van der Waals surface area contributed by atoms with Gasteiger partial charge in [-0.3, -0.25) is 0 Å². The Kier molecular flexibility index (Phi) is 4.68. The Bertz CT molecular complexity index is 952. The van der Waals surface area contributed by atoms with Gasteiger partial charge < -0.3 is 4.90 Å². The first-order valence-corrected chi connectivity index (χ1v) is 9.71. The first kappa shape index (κ1) is 16.1. The fourth-order valence-electron chi connectivity index (χ4n) is 2.64. The quantitative estimate of drug-likeness (QED) is 0.392. The normalized spacial score (nSPS) is 12.6. The Morgan fingerprint density at radius 1 is 0.880 bits per heavy atom. The minimum Gasteiger partial charge on any atom is -0.330 e. The molecule has 2 heterocycles. The number of rotatable bonds is 1. The summed E-state index contributed by atoms with van der Waals surface area (Å²) in [6.07, 6.45) is 0. The maximum atomic E-state index is 12.8. The van der Waals surface area contributed by atoms with E-state index < -0.39 is 0 Å². The lowest BCUT2D eigenvalue weighted by Gasteiger charge is -2.18. The smallest absolute Gasteiger partial charge is 0.123 e. The molecule has 1 aliphatic heterocycles. The number of nitrogens with zero attached hydrogens (tertiary/aromatic N) is 2. The average Bonchev–Trinajstić information content (AvgIpc) is 3.30. The number of thiazole rings is 1. The van der Waals surface area contributed by atoms with E-state index >= 15 is 0 Å². The summed E-state index contributed by atoms with van der Waals surface area (Å²) in [5, 5.41) is 0. The molecule has 0 N–H and O–H groups in total. The second-order valence-corrected chi connectivity index (χ2v) is 7.34.